The highest BCUT2D eigenvalue weighted by atomic mass is 16.6. The van der Waals surface area contributed by atoms with Gasteiger partial charge in [-0.05, 0) is 96.6 Å². The molecule has 1 amide bonds. The van der Waals surface area contributed by atoms with Crippen LogP contribution in [0.4, 0.5) is 10.5 Å². The van der Waals surface area contributed by atoms with Crippen LogP contribution in [0.3, 0.4) is 0 Å². The summed E-state index contributed by atoms with van der Waals surface area (Å²) < 4.78 is 12.6. The zero-order valence-corrected chi connectivity index (χ0v) is 27.2. The molecule has 2 aromatic carbocycles. The van der Waals surface area contributed by atoms with E-state index < -0.39 is 11.0 Å². The van der Waals surface area contributed by atoms with Crippen molar-refractivity contribution in [2.45, 2.75) is 85.8 Å². The maximum Gasteiger partial charge on any atom is 0.410 e. The minimum absolute atomic E-state index is 0.0908. The molecule has 0 atom stereocenters. The van der Waals surface area contributed by atoms with E-state index in [9.17, 15) is 19.2 Å². The van der Waals surface area contributed by atoms with Gasteiger partial charge < -0.3 is 18.9 Å². The Balaban J connectivity index is 0.000000318. The molecule has 1 saturated heterocycles. The van der Waals surface area contributed by atoms with Gasteiger partial charge in [0.2, 0.25) is 0 Å². The number of aromatic nitrogens is 2. The summed E-state index contributed by atoms with van der Waals surface area (Å²) in [5, 5.41) is 0. The smallest absolute Gasteiger partial charge is 0.410 e. The summed E-state index contributed by atoms with van der Waals surface area (Å²) in [7, 11) is 0. The predicted molar refractivity (Wildman–Crippen MR) is 174 cm³/mol. The lowest BCUT2D eigenvalue weighted by molar-refractivity contribution is -0.159. The number of fused-ring (bicyclic) bond motifs is 2. The average molecular weight is 617 g/mol. The second-order valence-electron chi connectivity index (χ2n) is 12.8. The minimum Gasteiger partial charge on any atom is -0.466 e. The summed E-state index contributed by atoms with van der Waals surface area (Å²) in [6.07, 6.45) is 5.13. The highest BCUT2D eigenvalue weighted by Crippen LogP contribution is 2.38. The number of esters is 1. The molecule has 0 unspecified atom stereocenters. The summed E-state index contributed by atoms with van der Waals surface area (Å²) in [4.78, 5) is 58.9. The second-order valence-corrected chi connectivity index (χ2v) is 12.8. The van der Waals surface area contributed by atoms with E-state index in [4.69, 9.17) is 9.47 Å². The number of carbonyl (C=O) groups is 3. The van der Waals surface area contributed by atoms with E-state index in [1.165, 1.54) is 18.0 Å². The van der Waals surface area contributed by atoms with E-state index in [-0.39, 0.29) is 23.4 Å². The van der Waals surface area contributed by atoms with Gasteiger partial charge in [-0.15, -0.1) is 0 Å². The van der Waals surface area contributed by atoms with Crippen molar-refractivity contribution in [3.8, 4) is 0 Å². The number of benzene rings is 2. The third kappa shape index (κ3) is 8.65. The fourth-order valence-electron chi connectivity index (χ4n) is 5.72. The number of likely N-dealkylation sites (tertiary alicyclic amines) is 1. The van der Waals surface area contributed by atoms with Crippen molar-refractivity contribution in [2.75, 3.05) is 19.7 Å². The van der Waals surface area contributed by atoms with Gasteiger partial charge in [0.25, 0.3) is 5.56 Å². The Hall–Kier alpha value is -4.34. The second kappa shape index (κ2) is 14.2. The number of aliphatic imine (C=N–C) groups is 1. The molecule has 10 nitrogen and oxygen atoms in total. The third-order valence-corrected chi connectivity index (χ3v) is 8.07. The molecule has 10 heteroatoms. The number of carbonyl (C=O) groups excluding carboxylic acids is 3. The summed E-state index contributed by atoms with van der Waals surface area (Å²) in [5.74, 6) is -0.135. The third-order valence-electron chi connectivity index (χ3n) is 8.07. The van der Waals surface area contributed by atoms with E-state index >= 15 is 0 Å². The maximum atomic E-state index is 13.0. The number of ether oxygens (including phenoxy) is 2. The van der Waals surface area contributed by atoms with Crippen molar-refractivity contribution < 1.29 is 23.9 Å². The van der Waals surface area contributed by atoms with Crippen LogP contribution in [0.15, 0.2) is 52.4 Å². The SMILES string of the molecule is CCOC(=O)C1(CCCn2c(=O)cnc3ccc(C)cc32)CCN(C(=O)OC(C)(C)C)CC1.Cc1ccc2c(c1)CC(=O)C=N2. The number of hydrogen-bond donors (Lipinski definition) is 0. The van der Waals surface area contributed by atoms with Crippen LogP contribution in [0.2, 0.25) is 0 Å². The van der Waals surface area contributed by atoms with Crippen molar-refractivity contribution in [2.24, 2.45) is 10.4 Å². The largest absolute Gasteiger partial charge is 0.466 e. The van der Waals surface area contributed by atoms with E-state index in [0.29, 0.717) is 58.3 Å². The number of amides is 1. The first-order valence-corrected chi connectivity index (χ1v) is 15.6. The molecule has 2 aliphatic heterocycles. The van der Waals surface area contributed by atoms with E-state index in [1.54, 1.807) is 16.4 Å². The van der Waals surface area contributed by atoms with Crippen molar-refractivity contribution in [3.05, 3.63) is 69.6 Å². The fourth-order valence-corrected chi connectivity index (χ4v) is 5.72. The molecule has 0 spiro atoms. The van der Waals surface area contributed by atoms with Crippen molar-refractivity contribution in [1.29, 1.82) is 0 Å². The quantitative estimate of drug-likeness (QED) is 0.317. The molecule has 0 radical (unpaired) electrons. The first-order valence-electron chi connectivity index (χ1n) is 15.6. The maximum absolute atomic E-state index is 13.0. The average Bonchev–Trinajstić information content (AvgIpc) is 2.98. The minimum atomic E-state index is -0.670. The molecule has 0 N–H and O–H groups in total. The lowest BCUT2D eigenvalue weighted by Crippen LogP contribution is -2.48. The fraction of sp³-hybridized carbons (Fsp3) is 0.486. The summed E-state index contributed by atoms with van der Waals surface area (Å²) >= 11 is 0. The number of nitrogens with zero attached hydrogens (tertiary/aromatic N) is 4. The van der Waals surface area contributed by atoms with Crippen molar-refractivity contribution in [1.82, 2.24) is 14.5 Å². The Morgan fingerprint density at radius 3 is 2.38 bits per heavy atom. The standard InChI is InChI=1S/C25H35N3O5.C10H9NO/c1-6-32-22(30)25(11-14-27(15-12-25)23(31)33-24(3,4)5)10-7-13-28-20-16-18(2)8-9-19(20)26-17-21(28)29;1-7-2-3-10-8(4-7)5-9(12)6-11-10/h8-9,16-17H,6-7,10-15H2,1-5H3;2-4,6H,5H2,1H3. The molecule has 1 aromatic heterocycles. The van der Waals surface area contributed by atoms with Crippen LogP contribution in [0.25, 0.3) is 11.0 Å². The van der Waals surface area contributed by atoms with Crippen LogP contribution in [-0.4, -0.2) is 63.8 Å². The monoisotopic (exact) mass is 616 g/mol. The van der Waals surface area contributed by atoms with Crippen molar-refractivity contribution >= 4 is 40.8 Å². The molecule has 3 aromatic rings. The zero-order valence-electron chi connectivity index (χ0n) is 27.2. The summed E-state index contributed by atoms with van der Waals surface area (Å²) in [6, 6.07) is 11.8. The molecule has 0 bridgehead atoms. The van der Waals surface area contributed by atoms with Gasteiger partial charge in [0.05, 0.1) is 41.2 Å². The van der Waals surface area contributed by atoms with Gasteiger partial charge in [-0.25, -0.2) is 9.78 Å². The molecule has 2 aliphatic rings. The van der Waals surface area contributed by atoms with Gasteiger partial charge in [-0.2, -0.15) is 0 Å². The Morgan fingerprint density at radius 2 is 1.69 bits per heavy atom. The first kappa shape index (κ1) is 33.6. The number of piperidine rings is 1. The van der Waals surface area contributed by atoms with Crippen LogP contribution in [-0.2, 0) is 32.0 Å². The molecule has 3 heterocycles. The van der Waals surface area contributed by atoms with E-state index in [0.717, 1.165) is 27.8 Å². The van der Waals surface area contributed by atoms with Gasteiger partial charge in [0.15, 0.2) is 5.78 Å². The normalized spacial score (nSPS) is 15.6. The van der Waals surface area contributed by atoms with Crippen LogP contribution in [0.1, 0.15) is 70.1 Å². The van der Waals surface area contributed by atoms with Gasteiger partial charge in [-0.1, -0.05) is 23.8 Å². The number of hydrogen-bond acceptors (Lipinski definition) is 8. The van der Waals surface area contributed by atoms with Crippen LogP contribution >= 0.6 is 0 Å². The van der Waals surface area contributed by atoms with Crippen LogP contribution in [0, 0.1) is 19.3 Å². The zero-order chi connectivity index (χ0) is 32.8. The number of aryl methyl sites for hydroxylation is 3. The summed E-state index contributed by atoms with van der Waals surface area (Å²) in [5.41, 5.74) is 4.39. The predicted octanol–water partition coefficient (Wildman–Crippen LogP) is 5.89. The topological polar surface area (TPSA) is 120 Å². The molecular formula is C35H44N4O6. The van der Waals surface area contributed by atoms with E-state index in [1.807, 2.05) is 71.0 Å². The Morgan fingerprint density at radius 1 is 1.00 bits per heavy atom. The molecule has 45 heavy (non-hydrogen) atoms. The Labute approximate surface area is 264 Å². The van der Waals surface area contributed by atoms with Gasteiger partial charge >= 0.3 is 12.1 Å². The Kier molecular flexibility index (Phi) is 10.6. The molecule has 1 fully saturated rings. The van der Waals surface area contributed by atoms with Gasteiger partial charge in [0.1, 0.15) is 5.60 Å². The number of ketones is 1. The lowest BCUT2D eigenvalue weighted by atomic mass is 9.74. The van der Waals surface area contributed by atoms with Crippen LogP contribution < -0.4 is 5.56 Å². The molecular weight excluding hydrogens is 572 g/mol. The van der Waals surface area contributed by atoms with Gasteiger partial charge in [0, 0.05) is 26.1 Å². The highest BCUT2D eigenvalue weighted by Gasteiger charge is 2.43. The summed E-state index contributed by atoms with van der Waals surface area (Å²) in [6.45, 7) is 13.0. The number of rotatable bonds is 6. The molecule has 240 valence electrons. The number of Topliss-reactive ketones (excluding diaryl/α,β-unsaturated/α-hetero) is 1. The first-order chi connectivity index (χ1) is 21.3. The van der Waals surface area contributed by atoms with Crippen molar-refractivity contribution in [3.63, 3.8) is 0 Å². The van der Waals surface area contributed by atoms with Gasteiger partial charge in [-0.3, -0.25) is 19.4 Å². The van der Waals surface area contributed by atoms with Crippen LogP contribution in [0.5, 0.6) is 0 Å². The highest BCUT2D eigenvalue weighted by molar-refractivity contribution is 6.29. The molecule has 0 saturated carbocycles. The molecule has 5 rings (SSSR count). The molecule has 0 aliphatic carbocycles. The Bertz CT molecular complexity index is 1640. The lowest BCUT2D eigenvalue weighted by Gasteiger charge is -2.40. The van der Waals surface area contributed by atoms with E-state index in [2.05, 4.69) is 9.98 Å².